The summed E-state index contributed by atoms with van der Waals surface area (Å²) in [4.78, 5) is 12.8. The Morgan fingerprint density at radius 1 is 1.09 bits per heavy atom. The molecule has 2 aromatic carbocycles. The number of alkyl halides is 1. The van der Waals surface area contributed by atoms with E-state index in [1.165, 1.54) is 10.9 Å². The minimum atomic E-state index is -1.50. The summed E-state index contributed by atoms with van der Waals surface area (Å²) in [6.07, 6.45) is 2.46. The van der Waals surface area contributed by atoms with Crippen LogP contribution in [0.15, 0.2) is 59.5 Å². The van der Waals surface area contributed by atoms with Gasteiger partial charge in [0.25, 0.3) is 5.56 Å². The SMILES string of the molecule is NC1(c2ccc(Oc3ccc(-n4ncc(NC[C@]5(F)CCCOC5)c(Cl)c4=O)cc3)cc2)COC1. The Hall–Kier alpha value is -2.98. The van der Waals surface area contributed by atoms with Crippen molar-refractivity contribution in [1.82, 2.24) is 9.78 Å². The predicted octanol–water partition coefficient (Wildman–Crippen LogP) is 3.79. The molecule has 2 aliphatic rings. The van der Waals surface area contributed by atoms with E-state index < -0.39 is 16.8 Å². The van der Waals surface area contributed by atoms with Crippen LogP contribution in [0.4, 0.5) is 10.1 Å². The fraction of sp³-hybridized carbons (Fsp3) is 0.360. The van der Waals surface area contributed by atoms with Gasteiger partial charge in [-0.3, -0.25) is 4.79 Å². The molecule has 0 aliphatic carbocycles. The van der Waals surface area contributed by atoms with Gasteiger partial charge < -0.3 is 25.3 Å². The minimum absolute atomic E-state index is 0.00902. The van der Waals surface area contributed by atoms with E-state index in [4.69, 9.17) is 31.5 Å². The van der Waals surface area contributed by atoms with E-state index in [0.29, 0.717) is 49.8 Å². The van der Waals surface area contributed by atoms with Crippen molar-refractivity contribution in [1.29, 1.82) is 0 Å². The highest BCUT2D eigenvalue weighted by Crippen LogP contribution is 2.30. The molecule has 3 N–H and O–H groups in total. The lowest BCUT2D eigenvalue weighted by atomic mass is 9.89. The van der Waals surface area contributed by atoms with Crippen LogP contribution in [0, 0.1) is 0 Å². The van der Waals surface area contributed by atoms with E-state index in [9.17, 15) is 9.18 Å². The second-order valence-corrected chi connectivity index (χ2v) is 9.40. The number of halogens is 2. The first kappa shape index (κ1) is 23.7. The van der Waals surface area contributed by atoms with Crippen molar-refractivity contribution >= 4 is 17.3 Å². The maximum absolute atomic E-state index is 14.8. The Bertz CT molecular complexity index is 1240. The molecule has 0 radical (unpaired) electrons. The topological polar surface area (TPSA) is 101 Å². The molecular formula is C25H26ClFN4O4. The highest BCUT2D eigenvalue weighted by atomic mass is 35.5. The van der Waals surface area contributed by atoms with Crippen LogP contribution < -0.4 is 21.3 Å². The predicted molar refractivity (Wildman–Crippen MR) is 130 cm³/mol. The van der Waals surface area contributed by atoms with Gasteiger partial charge in [-0.05, 0) is 54.8 Å². The number of nitrogens with zero attached hydrogens (tertiary/aromatic N) is 2. The van der Waals surface area contributed by atoms with Crippen molar-refractivity contribution in [3.8, 4) is 17.2 Å². The first-order valence-corrected chi connectivity index (χ1v) is 11.8. The quantitative estimate of drug-likeness (QED) is 0.509. The molecule has 35 heavy (non-hydrogen) atoms. The zero-order valence-electron chi connectivity index (χ0n) is 19.0. The molecule has 1 atom stereocenters. The number of aromatic nitrogens is 2. The first-order chi connectivity index (χ1) is 16.9. The van der Waals surface area contributed by atoms with Crippen LogP contribution in [0.25, 0.3) is 5.69 Å². The third kappa shape index (κ3) is 5.04. The van der Waals surface area contributed by atoms with Gasteiger partial charge in [0.1, 0.15) is 16.5 Å². The number of ether oxygens (including phenoxy) is 3. The Morgan fingerprint density at radius 3 is 2.37 bits per heavy atom. The largest absolute Gasteiger partial charge is 0.457 e. The summed E-state index contributed by atoms with van der Waals surface area (Å²) in [6.45, 7) is 1.59. The maximum Gasteiger partial charge on any atom is 0.292 e. The van der Waals surface area contributed by atoms with Crippen molar-refractivity contribution in [2.24, 2.45) is 5.73 Å². The van der Waals surface area contributed by atoms with Gasteiger partial charge in [0.05, 0.1) is 49.5 Å². The molecule has 0 amide bonds. The number of hydrogen-bond acceptors (Lipinski definition) is 7. The van der Waals surface area contributed by atoms with Crippen molar-refractivity contribution in [3.05, 3.63) is 75.7 Å². The third-order valence-corrected chi connectivity index (χ3v) is 6.62. The molecule has 2 saturated heterocycles. The Kier molecular flexibility index (Phi) is 6.50. The molecule has 2 fully saturated rings. The second kappa shape index (κ2) is 9.58. The highest BCUT2D eigenvalue weighted by Gasteiger charge is 2.36. The van der Waals surface area contributed by atoms with Gasteiger partial charge in [0.15, 0.2) is 5.67 Å². The van der Waals surface area contributed by atoms with Gasteiger partial charge in [0, 0.05) is 6.61 Å². The molecule has 0 unspecified atom stereocenters. The molecule has 1 aromatic heterocycles. The molecule has 10 heteroatoms. The summed E-state index contributed by atoms with van der Waals surface area (Å²) in [6, 6.07) is 14.5. The summed E-state index contributed by atoms with van der Waals surface area (Å²) in [5, 5.41) is 7.04. The van der Waals surface area contributed by atoms with Crippen molar-refractivity contribution < 1.29 is 18.6 Å². The van der Waals surface area contributed by atoms with E-state index in [0.717, 1.165) is 5.56 Å². The molecular weight excluding hydrogens is 475 g/mol. The van der Waals surface area contributed by atoms with Gasteiger partial charge in [-0.1, -0.05) is 23.7 Å². The summed E-state index contributed by atoms with van der Waals surface area (Å²) < 4.78 is 32.3. The van der Waals surface area contributed by atoms with Crippen LogP contribution >= 0.6 is 11.6 Å². The maximum atomic E-state index is 14.8. The van der Waals surface area contributed by atoms with Gasteiger partial charge in [-0.15, -0.1) is 0 Å². The zero-order valence-corrected chi connectivity index (χ0v) is 19.8. The summed E-state index contributed by atoms with van der Waals surface area (Å²) in [7, 11) is 0. The van der Waals surface area contributed by atoms with E-state index >= 15 is 0 Å². The summed E-state index contributed by atoms with van der Waals surface area (Å²) in [5.41, 5.74) is 5.62. The second-order valence-electron chi connectivity index (χ2n) is 9.02. The standard InChI is InChI=1S/C25H26ClFN4O4/c26-22-21(29-13-24(27)10-1-11-33-14-24)12-30-31(23(22)32)18-4-8-20(9-5-18)35-19-6-2-17(3-7-19)25(28)15-34-16-25/h2-9,12,29H,1,10-11,13-16,28H2/t24-/m1/s1. The zero-order chi connectivity index (χ0) is 24.5. The van der Waals surface area contributed by atoms with Gasteiger partial charge in [-0.25, -0.2) is 4.39 Å². The molecule has 2 aliphatic heterocycles. The minimum Gasteiger partial charge on any atom is -0.457 e. The molecule has 5 rings (SSSR count). The summed E-state index contributed by atoms with van der Waals surface area (Å²) in [5.74, 6) is 1.25. The number of nitrogens with two attached hydrogens (primary N) is 1. The third-order valence-electron chi connectivity index (χ3n) is 6.25. The van der Waals surface area contributed by atoms with Crippen LogP contribution in [0.3, 0.4) is 0 Å². The number of hydrogen-bond donors (Lipinski definition) is 2. The van der Waals surface area contributed by atoms with Crippen LogP contribution in [-0.4, -0.2) is 48.4 Å². The van der Waals surface area contributed by atoms with Crippen LogP contribution in [-0.2, 0) is 15.0 Å². The first-order valence-electron chi connectivity index (χ1n) is 11.4. The van der Waals surface area contributed by atoms with Gasteiger partial charge in [0.2, 0.25) is 0 Å². The normalized spacial score (nSPS) is 21.2. The lowest BCUT2D eigenvalue weighted by molar-refractivity contribution is -0.0569. The van der Waals surface area contributed by atoms with Crippen molar-refractivity contribution in [3.63, 3.8) is 0 Å². The average Bonchev–Trinajstić information content (AvgIpc) is 2.85. The molecule has 0 bridgehead atoms. The van der Waals surface area contributed by atoms with Gasteiger partial charge in [-0.2, -0.15) is 9.78 Å². The van der Waals surface area contributed by atoms with Crippen molar-refractivity contribution in [2.75, 3.05) is 38.3 Å². The van der Waals surface area contributed by atoms with Crippen molar-refractivity contribution in [2.45, 2.75) is 24.0 Å². The van der Waals surface area contributed by atoms with Gasteiger partial charge >= 0.3 is 0 Å². The molecule has 3 aromatic rings. The van der Waals surface area contributed by atoms with E-state index in [1.54, 1.807) is 24.3 Å². The number of anilines is 1. The summed E-state index contributed by atoms with van der Waals surface area (Å²) >= 11 is 6.28. The fourth-order valence-corrected chi connectivity index (χ4v) is 4.28. The lowest BCUT2D eigenvalue weighted by Gasteiger charge is -2.38. The monoisotopic (exact) mass is 500 g/mol. The Morgan fingerprint density at radius 2 is 1.77 bits per heavy atom. The van der Waals surface area contributed by atoms with Crippen LogP contribution in [0.1, 0.15) is 18.4 Å². The lowest BCUT2D eigenvalue weighted by Crippen LogP contribution is -2.54. The Labute approximate surface area is 206 Å². The smallest absolute Gasteiger partial charge is 0.292 e. The van der Waals surface area contributed by atoms with Crippen LogP contribution in [0.2, 0.25) is 5.02 Å². The number of nitrogens with one attached hydrogen (secondary N) is 1. The molecule has 0 spiro atoms. The highest BCUT2D eigenvalue weighted by molar-refractivity contribution is 6.32. The van der Waals surface area contributed by atoms with E-state index in [1.807, 2.05) is 24.3 Å². The molecule has 184 valence electrons. The number of rotatable bonds is 7. The Balaban J connectivity index is 1.25. The number of benzene rings is 2. The molecule has 3 heterocycles. The molecule has 8 nitrogen and oxygen atoms in total. The van der Waals surface area contributed by atoms with E-state index in [2.05, 4.69) is 10.4 Å². The fourth-order valence-electron chi connectivity index (χ4n) is 4.09. The average molecular weight is 501 g/mol. The molecule has 0 saturated carbocycles. The van der Waals surface area contributed by atoms with E-state index in [-0.39, 0.29) is 23.9 Å². The van der Waals surface area contributed by atoms with Crippen LogP contribution in [0.5, 0.6) is 11.5 Å².